The Labute approximate surface area is 121 Å². The fourth-order valence-electron chi connectivity index (χ4n) is 1.62. The Kier molecular flexibility index (Phi) is 4.67. The van der Waals surface area contributed by atoms with Crippen LogP contribution in [0.15, 0.2) is 64.5 Å². The van der Waals surface area contributed by atoms with Crippen LogP contribution in [0.2, 0.25) is 0 Å². The van der Waals surface area contributed by atoms with Crippen molar-refractivity contribution in [3.63, 3.8) is 0 Å². The van der Waals surface area contributed by atoms with Crippen LogP contribution in [-0.4, -0.2) is 0 Å². The van der Waals surface area contributed by atoms with E-state index in [0.717, 1.165) is 15.8 Å². The number of hydrogen-bond acceptors (Lipinski definition) is 1. The number of hydrogen-bond donors (Lipinski definition) is 0. The van der Waals surface area contributed by atoms with Gasteiger partial charge < -0.3 is 0 Å². The quantitative estimate of drug-likeness (QED) is 0.644. The molecule has 0 atom stereocenters. The lowest BCUT2D eigenvalue weighted by atomic mass is 10.1. The summed E-state index contributed by atoms with van der Waals surface area (Å²) in [6, 6.07) is 17.0. The summed E-state index contributed by atoms with van der Waals surface area (Å²) < 4.78 is 1.12. The van der Waals surface area contributed by atoms with Crippen LogP contribution in [0.25, 0.3) is 5.57 Å². The minimum atomic E-state index is 0.989. The topological polar surface area (TPSA) is 0 Å². The fraction of sp³-hybridized carbons (Fsp3) is 0.125. The standard InChI is InChI=1S/C16H15BrS/c1-12(2)14-5-3-4-13(10-14)11-18-16-8-6-15(17)7-9-16/h3-10H,1,11H2,2H3. The lowest BCUT2D eigenvalue weighted by Gasteiger charge is -2.05. The Bertz CT molecular complexity index is 543. The Hall–Kier alpha value is -0.990. The van der Waals surface area contributed by atoms with E-state index < -0.39 is 0 Å². The van der Waals surface area contributed by atoms with Crippen LogP contribution in [0, 0.1) is 0 Å². The van der Waals surface area contributed by atoms with Gasteiger partial charge >= 0.3 is 0 Å². The zero-order valence-electron chi connectivity index (χ0n) is 10.3. The predicted octanol–water partition coefficient (Wildman–Crippen LogP) is 5.77. The van der Waals surface area contributed by atoms with Crippen molar-refractivity contribution in [3.8, 4) is 0 Å². The normalized spacial score (nSPS) is 10.3. The zero-order valence-corrected chi connectivity index (χ0v) is 12.7. The molecule has 0 aliphatic rings. The highest BCUT2D eigenvalue weighted by atomic mass is 79.9. The number of rotatable bonds is 4. The summed E-state index contributed by atoms with van der Waals surface area (Å²) in [7, 11) is 0. The molecule has 0 nitrogen and oxygen atoms in total. The molecule has 18 heavy (non-hydrogen) atoms. The summed E-state index contributed by atoms with van der Waals surface area (Å²) in [4.78, 5) is 1.29. The molecule has 0 aliphatic carbocycles. The predicted molar refractivity (Wildman–Crippen MR) is 84.9 cm³/mol. The van der Waals surface area contributed by atoms with Crippen molar-refractivity contribution in [2.24, 2.45) is 0 Å². The number of allylic oxidation sites excluding steroid dienone is 1. The maximum absolute atomic E-state index is 3.98. The van der Waals surface area contributed by atoms with Gasteiger partial charge in [0, 0.05) is 15.1 Å². The first-order valence-corrected chi connectivity index (χ1v) is 7.56. The summed E-state index contributed by atoms with van der Waals surface area (Å²) in [6.45, 7) is 6.03. The van der Waals surface area contributed by atoms with Gasteiger partial charge in [-0.1, -0.05) is 52.3 Å². The van der Waals surface area contributed by atoms with Crippen LogP contribution in [0.3, 0.4) is 0 Å². The minimum Gasteiger partial charge on any atom is -0.121 e. The van der Waals surface area contributed by atoms with E-state index in [9.17, 15) is 0 Å². The van der Waals surface area contributed by atoms with Crippen molar-refractivity contribution in [2.75, 3.05) is 0 Å². The maximum Gasteiger partial charge on any atom is 0.0232 e. The van der Waals surface area contributed by atoms with Gasteiger partial charge in [-0.2, -0.15) is 0 Å². The molecule has 0 N–H and O–H groups in total. The van der Waals surface area contributed by atoms with Crippen molar-refractivity contribution in [3.05, 3.63) is 70.7 Å². The molecule has 0 radical (unpaired) electrons. The van der Waals surface area contributed by atoms with E-state index in [4.69, 9.17) is 0 Å². The highest BCUT2D eigenvalue weighted by Gasteiger charge is 1.99. The van der Waals surface area contributed by atoms with Gasteiger partial charge in [0.2, 0.25) is 0 Å². The highest BCUT2D eigenvalue weighted by Crippen LogP contribution is 2.25. The second kappa shape index (κ2) is 6.26. The van der Waals surface area contributed by atoms with Crippen LogP contribution in [-0.2, 0) is 5.75 Å². The summed E-state index contributed by atoms with van der Waals surface area (Å²) in [6.07, 6.45) is 0. The van der Waals surface area contributed by atoms with Crippen molar-refractivity contribution < 1.29 is 0 Å². The lowest BCUT2D eigenvalue weighted by molar-refractivity contribution is 1.36. The Morgan fingerprint density at radius 2 is 1.89 bits per heavy atom. The molecule has 0 fully saturated rings. The molecular formula is C16H15BrS. The molecule has 0 saturated heterocycles. The average Bonchev–Trinajstić information content (AvgIpc) is 2.38. The van der Waals surface area contributed by atoms with E-state index in [2.05, 4.69) is 71.0 Å². The molecule has 0 bridgehead atoms. The third-order valence-corrected chi connectivity index (χ3v) is 4.25. The van der Waals surface area contributed by atoms with Gasteiger partial charge in [0.25, 0.3) is 0 Å². The van der Waals surface area contributed by atoms with Gasteiger partial charge in [0.15, 0.2) is 0 Å². The second-order valence-electron chi connectivity index (χ2n) is 4.22. The second-order valence-corrected chi connectivity index (χ2v) is 6.19. The van der Waals surface area contributed by atoms with Crippen LogP contribution >= 0.6 is 27.7 Å². The molecule has 2 aromatic rings. The van der Waals surface area contributed by atoms with Crippen molar-refractivity contribution in [1.29, 1.82) is 0 Å². The van der Waals surface area contributed by atoms with E-state index >= 15 is 0 Å². The molecule has 0 spiro atoms. The van der Waals surface area contributed by atoms with Crippen molar-refractivity contribution in [1.82, 2.24) is 0 Å². The molecule has 0 amide bonds. The number of benzene rings is 2. The van der Waals surface area contributed by atoms with E-state index in [1.165, 1.54) is 16.0 Å². The van der Waals surface area contributed by atoms with E-state index in [1.54, 1.807) is 0 Å². The van der Waals surface area contributed by atoms with E-state index in [-0.39, 0.29) is 0 Å². The first-order chi connectivity index (χ1) is 8.65. The lowest BCUT2D eigenvalue weighted by Crippen LogP contribution is -1.84. The largest absolute Gasteiger partial charge is 0.121 e. The zero-order chi connectivity index (χ0) is 13.0. The molecule has 0 aromatic heterocycles. The first-order valence-electron chi connectivity index (χ1n) is 5.78. The van der Waals surface area contributed by atoms with Gasteiger partial charge in [-0.05, 0) is 42.3 Å². The van der Waals surface area contributed by atoms with Gasteiger partial charge in [0.1, 0.15) is 0 Å². The minimum absolute atomic E-state index is 0.989. The summed E-state index contributed by atoms with van der Waals surface area (Å²) in [5.74, 6) is 0.989. The number of halogens is 1. The molecule has 0 saturated carbocycles. The Morgan fingerprint density at radius 3 is 2.56 bits per heavy atom. The van der Waals surface area contributed by atoms with Crippen LogP contribution in [0.5, 0.6) is 0 Å². The first kappa shape index (κ1) is 13.4. The van der Waals surface area contributed by atoms with Crippen LogP contribution in [0.4, 0.5) is 0 Å². The third-order valence-electron chi connectivity index (χ3n) is 2.64. The van der Waals surface area contributed by atoms with Crippen LogP contribution in [0.1, 0.15) is 18.1 Å². The van der Waals surface area contributed by atoms with Crippen molar-refractivity contribution >= 4 is 33.3 Å². The summed E-state index contributed by atoms with van der Waals surface area (Å²) in [5.41, 5.74) is 3.68. The van der Waals surface area contributed by atoms with E-state index in [0.29, 0.717) is 0 Å². The molecule has 0 unspecified atom stereocenters. The van der Waals surface area contributed by atoms with Gasteiger partial charge in [0.05, 0.1) is 0 Å². The third kappa shape index (κ3) is 3.76. The molecule has 0 aliphatic heterocycles. The Morgan fingerprint density at radius 1 is 1.17 bits per heavy atom. The summed E-state index contributed by atoms with van der Waals surface area (Å²) in [5, 5.41) is 0. The molecule has 0 heterocycles. The van der Waals surface area contributed by atoms with Crippen LogP contribution < -0.4 is 0 Å². The maximum atomic E-state index is 3.98. The van der Waals surface area contributed by atoms with Gasteiger partial charge in [-0.15, -0.1) is 11.8 Å². The Balaban J connectivity index is 2.04. The monoisotopic (exact) mass is 318 g/mol. The van der Waals surface area contributed by atoms with Crippen molar-refractivity contribution in [2.45, 2.75) is 17.6 Å². The molecule has 2 rings (SSSR count). The smallest absolute Gasteiger partial charge is 0.0232 e. The average molecular weight is 319 g/mol. The molecular weight excluding hydrogens is 304 g/mol. The molecule has 92 valence electrons. The number of thioether (sulfide) groups is 1. The van der Waals surface area contributed by atoms with E-state index in [1.807, 2.05) is 18.7 Å². The fourth-order valence-corrected chi connectivity index (χ4v) is 2.73. The van der Waals surface area contributed by atoms with Gasteiger partial charge in [-0.3, -0.25) is 0 Å². The molecule has 2 aromatic carbocycles. The SMILES string of the molecule is C=C(C)c1cccc(CSc2ccc(Br)cc2)c1. The molecule has 2 heteroatoms. The van der Waals surface area contributed by atoms with Gasteiger partial charge in [-0.25, -0.2) is 0 Å². The summed E-state index contributed by atoms with van der Waals surface area (Å²) >= 11 is 5.30. The highest BCUT2D eigenvalue weighted by molar-refractivity contribution is 9.10.